The number of benzene rings is 2. The minimum atomic E-state index is 0.0972. The van der Waals surface area contributed by atoms with Crippen molar-refractivity contribution in [1.82, 2.24) is 5.43 Å². The molecule has 0 saturated heterocycles. The van der Waals surface area contributed by atoms with Gasteiger partial charge in [-0.05, 0) is 42.5 Å². The summed E-state index contributed by atoms with van der Waals surface area (Å²) in [5.74, 6) is 1.39. The molecule has 7 heteroatoms. The van der Waals surface area contributed by atoms with E-state index in [-0.39, 0.29) is 5.75 Å². The van der Waals surface area contributed by atoms with Crippen LogP contribution in [0.15, 0.2) is 47.6 Å². The predicted octanol–water partition coefficient (Wildman–Crippen LogP) is 2.73. The van der Waals surface area contributed by atoms with Crippen LogP contribution in [0.3, 0.4) is 0 Å². The molecule has 0 atom stereocenters. The largest absolute Gasteiger partial charge is 0.507 e. The number of hydrazone groups is 1. The maximum atomic E-state index is 9.76. The van der Waals surface area contributed by atoms with Gasteiger partial charge in [-0.15, -0.1) is 0 Å². The first-order chi connectivity index (χ1) is 11.1. The van der Waals surface area contributed by atoms with Crippen LogP contribution in [0.2, 0.25) is 0 Å². The van der Waals surface area contributed by atoms with Crippen LogP contribution in [-0.2, 0) is 0 Å². The van der Waals surface area contributed by atoms with E-state index in [0.717, 1.165) is 5.69 Å². The monoisotopic (exact) mass is 331 g/mol. The Bertz CT molecular complexity index is 719. The van der Waals surface area contributed by atoms with Gasteiger partial charge in [0, 0.05) is 5.56 Å². The Labute approximate surface area is 139 Å². The van der Waals surface area contributed by atoms with Crippen molar-refractivity contribution in [2.45, 2.75) is 0 Å². The first-order valence-corrected chi connectivity index (χ1v) is 7.15. The van der Waals surface area contributed by atoms with E-state index in [0.29, 0.717) is 22.2 Å². The van der Waals surface area contributed by atoms with Gasteiger partial charge < -0.3 is 19.9 Å². The van der Waals surface area contributed by atoms with Crippen LogP contribution in [0, 0.1) is 0 Å². The lowest BCUT2D eigenvalue weighted by Gasteiger charge is -2.10. The van der Waals surface area contributed by atoms with Crippen LogP contribution < -0.4 is 20.2 Å². The lowest BCUT2D eigenvalue weighted by atomic mass is 10.2. The van der Waals surface area contributed by atoms with Crippen molar-refractivity contribution in [2.24, 2.45) is 5.10 Å². The number of thiocarbonyl (C=S) groups is 1. The van der Waals surface area contributed by atoms with Crippen molar-refractivity contribution in [2.75, 3.05) is 19.5 Å². The average Bonchev–Trinajstić information content (AvgIpc) is 2.57. The molecule has 120 valence electrons. The molecule has 0 fully saturated rings. The summed E-state index contributed by atoms with van der Waals surface area (Å²) in [4.78, 5) is 0. The SMILES string of the molecule is COc1ccc(O)c(C=NNC(=S)Nc2ccccc2OC)c1. The molecular formula is C16H17N3O3S. The third kappa shape index (κ3) is 4.58. The molecule has 2 aromatic carbocycles. The van der Waals surface area contributed by atoms with Gasteiger partial charge in [0.25, 0.3) is 0 Å². The van der Waals surface area contributed by atoms with Crippen molar-refractivity contribution >= 4 is 29.2 Å². The number of ether oxygens (including phenoxy) is 2. The number of para-hydroxylation sites is 2. The molecule has 2 rings (SSSR count). The number of hydrogen-bond donors (Lipinski definition) is 3. The second-order valence-electron chi connectivity index (χ2n) is 4.45. The Hall–Kier alpha value is -2.80. The van der Waals surface area contributed by atoms with Crippen molar-refractivity contribution in [1.29, 1.82) is 0 Å². The van der Waals surface area contributed by atoms with E-state index in [1.54, 1.807) is 26.4 Å². The highest BCUT2D eigenvalue weighted by molar-refractivity contribution is 7.80. The molecule has 0 heterocycles. The number of nitrogens with zero attached hydrogens (tertiary/aromatic N) is 1. The first-order valence-electron chi connectivity index (χ1n) is 6.74. The van der Waals surface area contributed by atoms with Gasteiger partial charge in [-0.25, -0.2) is 0 Å². The lowest BCUT2D eigenvalue weighted by molar-refractivity contribution is 0.412. The van der Waals surface area contributed by atoms with Gasteiger partial charge in [-0.3, -0.25) is 5.43 Å². The topological polar surface area (TPSA) is 75.1 Å². The summed E-state index contributed by atoms with van der Waals surface area (Å²) in [5.41, 5.74) is 3.92. The van der Waals surface area contributed by atoms with Crippen LogP contribution in [0.25, 0.3) is 0 Å². The summed E-state index contributed by atoms with van der Waals surface area (Å²) >= 11 is 5.16. The number of methoxy groups -OCH3 is 2. The minimum absolute atomic E-state index is 0.0972. The van der Waals surface area contributed by atoms with Crippen LogP contribution >= 0.6 is 12.2 Å². The zero-order valence-electron chi connectivity index (χ0n) is 12.7. The molecule has 23 heavy (non-hydrogen) atoms. The molecular weight excluding hydrogens is 314 g/mol. The average molecular weight is 331 g/mol. The molecule has 0 aliphatic carbocycles. The fourth-order valence-electron chi connectivity index (χ4n) is 1.82. The Morgan fingerprint density at radius 1 is 1.17 bits per heavy atom. The second-order valence-corrected chi connectivity index (χ2v) is 4.86. The number of anilines is 1. The van der Waals surface area contributed by atoms with Gasteiger partial charge in [0.15, 0.2) is 5.11 Å². The highest BCUT2D eigenvalue weighted by Crippen LogP contribution is 2.23. The third-order valence-electron chi connectivity index (χ3n) is 2.96. The van der Waals surface area contributed by atoms with Crippen LogP contribution in [0.5, 0.6) is 17.2 Å². The summed E-state index contributed by atoms with van der Waals surface area (Å²) in [5, 5.41) is 17.0. The van der Waals surface area contributed by atoms with E-state index in [2.05, 4.69) is 15.8 Å². The third-order valence-corrected chi connectivity index (χ3v) is 3.15. The Balaban J connectivity index is 1.99. The maximum Gasteiger partial charge on any atom is 0.191 e. The Morgan fingerprint density at radius 2 is 1.96 bits per heavy atom. The molecule has 0 aromatic heterocycles. The van der Waals surface area contributed by atoms with Crippen LogP contribution in [-0.4, -0.2) is 30.7 Å². The van der Waals surface area contributed by atoms with Crippen molar-refractivity contribution in [3.05, 3.63) is 48.0 Å². The summed E-state index contributed by atoms with van der Waals surface area (Å²) < 4.78 is 10.3. The standard InChI is InChI=1S/C16H17N3O3S/c1-21-12-7-8-14(20)11(9-12)10-17-19-16(23)18-13-5-3-4-6-15(13)22-2/h3-10,20H,1-2H3,(H2,18,19,23). The fraction of sp³-hybridized carbons (Fsp3) is 0.125. The molecule has 0 bridgehead atoms. The number of nitrogens with one attached hydrogen (secondary N) is 2. The van der Waals surface area contributed by atoms with Crippen molar-refractivity contribution in [3.8, 4) is 17.2 Å². The normalized spacial score (nSPS) is 10.3. The summed E-state index contributed by atoms with van der Waals surface area (Å²) in [7, 11) is 3.14. The Kier molecular flexibility index (Phi) is 5.76. The lowest BCUT2D eigenvalue weighted by Crippen LogP contribution is -2.24. The summed E-state index contributed by atoms with van der Waals surface area (Å²) in [6.07, 6.45) is 1.45. The fourth-order valence-corrected chi connectivity index (χ4v) is 1.98. The number of aromatic hydroxyl groups is 1. The number of phenolic OH excluding ortho intramolecular Hbond substituents is 1. The van der Waals surface area contributed by atoms with E-state index in [4.69, 9.17) is 21.7 Å². The molecule has 3 N–H and O–H groups in total. The molecule has 0 spiro atoms. The number of rotatable bonds is 5. The van der Waals surface area contributed by atoms with Crippen LogP contribution in [0.4, 0.5) is 5.69 Å². The van der Waals surface area contributed by atoms with Crippen LogP contribution in [0.1, 0.15) is 5.56 Å². The number of phenols is 1. The van der Waals surface area contributed by atoms with Gasteiger partial charge in [0.2, 0.25) is 0 Å². The van der Waals surface area contributed by atoms with E-state index < -0.39 is 0 Å². The van der Waals surface area contributed by atoms with Gasteiger partial charge in [0.1, 0.15) is 17.2 Å². The van der Waals surface area contributed by atoms with Crippen molar-refractivity contribution < 1.29 is 14.6 Å². The molecule has 0 radical (unpaired) electrons. The zero-order chi connectivity index (χ0) is 16.7. The van der Waals surface area contributed by atoms with Gasteiger partial charge in [-0.2, -0.15) is 5.10 Å². The first kappa shape index (κ1) is 16.6. The molecule has 0 unspecified atom stereocenters. The molecule has 0 aliphatic heterocycles. The second kappa shape index (κ2) is 8.00. The van der Waals surface area contributed by atoms with E-state index >= 15 is 0 Å². The highest BCUT2D eigenvalue weighted by Gasteiger charge is 2.03. The maximum absolute atomic E-state index is 9.76. The molecule has 6 nitrogen and oxygen atoms in total. The van der Waals surface area contributed by atoms with E-state index in [9.17, 15) is 5.11 Å². The number of hydrogen-bond acceptors (Lipinski definition) is 5. The zero-order valence-corrected chi connectivity index (χ0v) is 13.6. The molecule has 0 saturated carbocycles. The minimum Gasteiger partial charge on any atom is -0.507 e. The molecule has 0 amide bonds. The predicted molar refractivity (Wildman–Crippen MR) is 94.6 cm³/mol. The van der Waals surface area contributed by atoms with E-state index in [1.165, 1.54) is 12.3 Å². The van der Waals surface area contributed by atoms with Crippen molar-refractivity contribution in [3.63, 3.8) is 0 Å². The van der Waals surface area contributed by atoms with Gasteiger partial charge in [0.05, 0.1) is 26.1 Å². The molecule has 2 aromatic rings. The molecule has 0 aliphatic rings. The van der Waals surface area contributed by atoms with Gasteiger partial charge >= 0.3 is 0 Å². The van der Waals surface area contributed by atoms with Gasteiger partial charge in [-0.1, -0.05) is 12.1 Å². The smallest absolute Gasteiger partial charge is 0.191 e. The quantitative estimate of drug-likeness (QED) is 0.444. The highest BCUT2D eigenvalue weighted by atomic mass is 32.1. The van der Waals surface area contributed by atoms with E-state index in [1.807, 2.05) is 24.3 Å². The Morgan fingerprint density at radius 3 is 2.70 bits per heavy atom. The summed E-state index contributed by atoms with van der Waals surface area (Å²) in [6.45, 7) is 0. The summed E-state index contributed by atoms with van der Waals surface area (Å²) in [6, 6.07) is 12.2.